The number of hydrogen-bond donors (Lipinski definition) is 1. The Morgan fingerprint density at radius 1 is 1.28 bits per heavy atom. The van der Waals surface area contributed by atoms with E-state index in [0.717, 1.165) is 37.6 Å². The number of hydrogen-bond acceptors (Lipinski definition) is 6. The average molecular weight is 451 g/mol. The first kappa shape index (κ1) is 17.5. The standard InChI is InChI=1S/C17H18IN5O2/c1-4-7-23-17-14(15(18)22-23)16(20-10-21-17)19-9-11-5-6-12(24-2)8-13(11)25-3/h4-6,8,10H,1,7,9H2,2-3H3,(H,19,20,21). The second kappa shape index (κ2) is 7.68. The summed E-state index contributed by atoms with van der Waals surface area (Å²) >= 11 is 2.19. The Hall–Kier alpha value is -2.36. The molecular weight excluding hydrogens is 433 g/mol. The zero-order valence-electron chi connectivity index (χ0n) is 14.0. The van der Waals surface area contributed by atoms with E-state index < -0.39 is 0 Å². The Balaban J connectivity index is 1.90. The third-order valence-corrected chi connectivity index (χ3v) is 4.48. The van der Waals surface area contributed by atoms with Crippen LogP contribution in [0.4, 0.5) is 5.82 Å². The summed E-state index contributed by atoms with van der Waals surface area (Å²) in [7, 11) is 3.27. The largest absolute Gasteiger partial charge is 0.497 e. The topological polar surface area (TPSA) is 74.1 Å². The zero-order valence-corrected chi connectivity index (χ0v) is 16.1. The molecule has 0 radical (unpaired) electrons. The third-order valence-electron chi connectivity index (χ3n) is 3.73. The van der Waals surface area contributed by atoms with Crippen molar-refractivity contribution >= 4 is 39.4 Å². The third kappa shape index (κ3) is 3.53. The number of allylic oxidation sites excluding steroid dienone is 1. The second-order valence-corrected chi connectivity index (χ2v) is 6.24. The van der Waals surface area contributed by atoms with Crippen molar-refractivity contribution in [1.29, 1.82) is 0 Å². The fourth-order valence-corrected chi connectivity index (χ4v) is 3.28. The summed E-state index contributed by atoms with van der Waals surface area (Å²) in [6.07, 6.45) is 3.33. The van der Waals surface area contributed by atoms with Crippen LogP contribution in [0.15, 0.2) is 37.2 Å². The summed E-state index contributed by atoms with van der Waals surface area (Å²) < 4.78 is 13.3. The van der Waals surface area contributed by atoms with Gasteiger partial charge in [-0.2, -0.15) is 5.10 Å². The molecule has 130 valence electrons. The number of nitrogens with one attached hydrogen (secondary N) is 1. The fourth-order valence-electron chi connectivity index (χ4n) is 2.53. The van der Waals surface area contributed by atoms with Gasteiger partial charge in [0.2, 0.25) is 0 Å². The van der Waals surface area contributed by atoms with Gasteiger partial charge in [0, 0.05) is 18.2 Å². The quantitative estimate of drug-likeness (QED) is 0.439. The molecular formula is C17H18IN5O2. The van der Waals surface area contributed by atoms with Crippen LogP contribution in [0.1, 0.15) is 5.56 Å². The molecule has 7 nitrogen and oxygen atoms in total. The van der Waals surface area contributed by atoms with Crippen LogP contribution in [0.5, 0.6) is 11.5 Å². The molecule has 3 rings (SSSR count). The van der Waals surface area contributed by atoms with E-state index in [2.05, 4.69) is 49.6 Å². The van der Waals surface area contributed by atoms with E-state index in [9.17, 15) is 0 Å². The lowest BCUT2D eigenvalue weighted by Crippen LogP contribution is -2.05. The smallest absolute Gasteiger partial charge is 0.164 e. The lowest BCUT2D eigenvalue weighted by molar-refractivity contribution is 0.391. The van der Waals surface area contributed by atoms with Crippen LogP contribution < -0.4 is 14.8 Å². The van der Waals surface area contributed by atoms with Gasteiger partial charge in [-0.05, 0) is 34.7 Å². The van der Waals surface area contributed by atoms with Crippen LogP contribution in [0.2, 0.25) is 0 Å². The van der Waals surface area contributed by atoms with Gasteiger partial charge in [0.25, 0.3) is 0 Å². The molecule has 0 unspecified atom stereocenters. The van der Waals surface area contributed by atoms with E-state index in [1.165, 1.54) is 6.33 Å². The molecule has 0 bridgehead atoms. The normalized spacial score (nSPS) is 10.7. The van der Waals surface area contributed by atoms with Crippen LogP contribution in [-0.2, 0) is 13.1 Å². The van der Waals surface area contributed by atoms with Gasteiger partial charge in [-0.3, -0.25) is 0 Å². The number of halogens is 1. The van der Waals surface area contributed by atoms with Crippen LogP contribution in [0.25, 0.3) is 11.0 Å². The van der Waals surface area contributed by atoms with E-state index in [1.54, 1.807) is 20.3 Å². The maximum absolute atomic E-state index is 5.44. The van der Waals surface area contributed by atoms with Crippen LogP contribution in [-0.4, -0.2) is 34.0 Å². The molecule has 0 saturated heterocycles. The van der Waals surface area contributed by atoms with Crippen molar-refractivity contribution < 1.29 is 9.47 Å². The first-order valence-electron chi connectivity index (χ1n) is 7.60. The zero-order chi connectivity index (χ0) is 17.8. The summed E-state index contributed by atoms with van der Waals surface area (Å²) in [5.74, 6) is 2.25. The maximum Gasteiger partial charge on any atom is 0.164 e. The predicted octanol–water partition coefficient (Wildman–Crippen LogP) is 3.25. The second-order valence-electron chi connectivity index (χ2n) is 5.21. The molecule has 3 aromatic rings. The number of methoxy groups -OCH3 is 2. The molecule has 0 aliphatic rings. The van der Waals surface area contributed by atoms with Crippen LogP contribution >= 0.6 is 22.6 Å². The molecule has 25 heavy (non-hydrogen) atoms. The number of aromatic nitrogens is 4. The number of nitrogens with zero attached hydrogens (tertiary/aromatic N) is 4. The summed E-state index contributed by atoms with van der Waals surface area (Å²) in [6.45, 7) is 4.91. The molecule has 0 aliphatic heterocycles. The van der Waals surface area contributed by atoms with Crippen LogP contribution in [0.3, 0.4) is 0 Å². The Morgan fingerprint density at radius 2 is 2.12 bits per heavy atom. The minimum Gasteiger partial charge on any atom is -0.497 e. The number of benzene rings is 1. The highest BCUT2D eigenvalue weighted by Gasteiger charge is 2.15. The highest BCUT2D eigenvalue weighted by molar-refractivity contribution is 14.1. The highest BCUT2D eigenvalue weighted by Crippen LogP contribution is 2.28. The van der Waals surface area contributed by atoms with Crippen LogP contribution in [0, 0.1) is 3.70 Å². The van der Waals surface area contributed by atoms with Gasteiger partial charge in [-0.15, -0.1) is 6.58 Å². The summed E-state index contributed by atoms with van der Waals surface area (Å²) in [4.78, 5) is 8.72. The van der Waals surface area contributed by atoms with Gasteiger partial charge >= 0.3 is 0 Å². The van der Waals surface area contributed by atoms with E-state index in [0.29, 0.717) is 13.1 Å². The highest BCUT2D eigenvalue weighted by atomic mass is 127. The Morgan fingerprint density at radius 3 is 2.84 bits per heavy atom. The fraction of sp³-hybridized carbons (Fsp3) is 0.235. The molecule has 1 N–H and O–H groups in total. The Bertz CT molecular complexity index is 909. The molecule has 0 saturated carbocycles. The van der Waals surface area contributed by atoms with Crippen molar-refractivity contribution in [2.45, 2.75) is 13.1 Å². The summed E-state index contributed by atoms with van der Waals surface area (Å²) in [5.41, 5.74) is 1.78. The first-order valence-corrected chi connectivity index (χ1v) is 8.68. The number of rotatable bonds is 7. The summed E-state index contributed by atoms with van der Waals surface area (Å²) in [6, 6.07) is 5.73. The van der Waals surface area contributed by atoms with Gasteiger partial charge < -0.3 is 14.8 Å². The van der Waals surface area contributed by atoms with Gasteiger partial charge in [0.1, 0.15) is 27.3 Å². The Labute approximate surface area is 159 Å². The average Bonchev–Trinajstić information content (AvgIpc) is 2.96. The van der Waals surface area contributed by atoms with Gasteiger partial charge in [-0.1, -0.05) is 6.08 Å². The van der Waals surface area contributed by atoms with Crippen molar-refractivity contribution in [3.8, 4) is 11.5 Å². The van der Waals surface area contributed by atoms with Gasteiger partial charge in [0.05, 0.1) is 26.2 Å². The molecule has 0 spiro atoms. The minimum absolute atomic E-state index is 0.558. The van der Waals surface area contributed by atoms with Crippen molar-refractivity contribution in [3.05, 3.63) is 46.4 Å². The van der Waals surface area contributed by atoms with E-state index in [1.807, 2.05) is 22.9 Å². The van der Waals surface area contributed by atoms with E-state index in [4.69, 9.17) is 9.47 Å². The maximum atomic E-state index is 5.44. The van der Waals surface area contributed by atoms with Crippen molar-refractivity contribution in [2.24, 2.45) is 0 Å². The number of anilines is 1. The monoisotopic (exact) mass is 451 g/mol. The minimum atomic E-state index is 0.558. The predicted molar refractivity (Wildman–Crippen MR) is 105 cm³/mol. The lowest BCUT2D eigenvalue weighted by atomic mass is 10.2. The van der Waals surface area contributed by atoms with Gasteiger partial charge in [-0.25, -0.2) is 14.6 Å². The molecule has 0 atom stereocenters. The molecule has 1 aromatic carbocycles. The lowest BCUT2D eigenvalue weighted by Gasteiger charge is -2.12. The molecule has 0 aliphatic carbocycles. The van der Waals surface area contributed by atoms with Crippen molar-refractivity contribution in [1.82, 2.24) is 19.7 Å². The molecule has 2 heterocycles. The molecule has 8 heteroatoms. The Kier molecular flexibility index (Phi) is 5.37. The van der Waals surface area contributed by atoms with Gasteiger partial charge in [0.15, 0.2) is 5.65 Å². The molecule has 0 amide bonds. The summed E-state index contributed by atoms with van der Waals surface area (Å²) in [5, 5.41) is 8.76. The van der Waals surface area contributed by atoms with E-state index in [-0.39, 0.29) is 0 Å². The molecule has 2 aromatic heterocycles. The molecule has 0 fully saturated rings. The number of fused-ring (bicyclic) bond motifs is 1. The first-order chi connectivity index (χ1) is 12.2. The van der Waals surface area contributed by atoms with E-state index >= 15 is 0 Å². The van der Waals surface area contributed by atoms with Crippen molar-refractivity contribution in [2.75, 3.05) is 19.5 Å². The number of ether oxygens (including phenoxy) is 2. The van der Waals surface area contributed by atoms with Crippen molar-refractivity contribution in [3.63, 3.8) is 0 Å². The SMILES string of the molecule is C=CCn1nc(I)c2c(NCc3ccc(OC)cc3OC)ncnc21.